The van der Waals surface area contributed by atoms with Gasteiger partial charge in [-0.15, -0.1) is 11.3 Å². The highest BCUT2D eigenvalue weighted by Crippen LogP contribution is 2.16. The molecular weight excluding hydrogens is 240 g/mol. The molecule has 17 heavy (non-hydrogen) atoms. The summed E-state index contributed by atoms with van der Waals surface area (Å²) in [6, 6.07) is 6.46. The van der Waals surface area contributed by atoms with Crippen LogP contribution in [0.2, 0.25) is 0 Å². The van der Waals surface area contributed by atoms with Gasteiger partial charge in [0.05, 0.1) is 11.4 Å². The number of carbonyl (C=O) groups is 1. The lowest BCUT2D eigenvalue weighted by molar-refractivity contribution is 0.0957. The van der Waals surface area contributed by atoms with Crippen LogP contribution in [0.25, 0.3) is 0 Å². The molecule has 0 saturated carbocycles. The fourth-order valence-electron chi connectivity index (χ4n) is 1.31. The summed E-state index contributed by atoms with van der Waals surface area (Å²) < 4.78 is 1.33. The van der Waals surface area contributed by atoms with Crippen LogP contribution in [0.1, 0.15) is 14.5 Å². The topological polar surface area (TPSA) is 90.0 Å². The molecule has 0 fully saturated rings. The van der Waals surface area contributed by atoms with Gasteiger partial charge in [0.15, 0.2) is 0 Å². The Bertz CT molecular complexity index is 590. The van der Waals surface area contributed by atoms with Crippen molar-refractivity contribution in [2.45, 2.75) is 6.54 Å². The number of carbonyl (C=O) groups excluding carboxylic acids is 1. The van der Waals surface area contributed by atoms with E-state index >= 15 is 0 Å². The molecule has 2 aromatic heterocycles. The predicted molar refractivity (Wildman–Crippen MR) is 63.6 cm³/mol. The quantitative estimate of drug-likeness (QED) is 0.454. The molecule has 0 aliphatic heterocycles. The Morgan fingerprint density at radius 2 is 2.29 bits per heavy atom. The lowest BCUT2D eigenvalue weighted by Crippen LogP contribution is -2.29. The highest BCUT2D eigenvalue weighted by Gasteiger charge is 2.08. The first-order chi connectivity index (χ1) is 8.20. The van der Waals surface area contributed by atoms with Gasteiger partial charge in [-0.25, -0.2) is 10.5 Å². The number of nitrogen functional groups attached to an aromatic ring is 1. The number of amides is 1. The molecule has 0 aromatic carbocycles. The van der Waals surface area contributed by atoms with Crippen molar-refractivity contribution in [3.63, 3.8) is 0 Å². The number of nitrogens with two attached hydrogens (primary N) is 1. The van der Waals surface area contributed by atoms with Crippen molar-refractivity contribution >= 4 is 17.2 Å². The van der Waals surface area contributed by atoms with Crippen molar-refractivity contribution in [2.75, 3.05) is 0 Å². The average molecular weight is 250 g/mol. The van der Waals surface area contributed by atoms with E-state index in [1.54, 1.807) is 24.4 Å². The summed E-state index contributed by atoms with van der Waals surface area (Å²) in [6.07, 6.45) is 1.54. The summed E-state index contributed by atoms with van der Waals surface area (Å²) >= 11 is 1.28. The molecule has 0 unspecified atom stereocenters. The van der Waals surface area contributed by atoms with Crippen molar-refractivity contribution < 1.29 is 4.79 Å². The summed E-state index contributed by atoms with van der Waals surface area (Å²) in [5.74, 6) is 4.69. The second-order valence-corrected chi connectivity index (χ2v) is 4.43. The van der Waals surface area contributed by atoms with Crippen molar-refractivity contribution in [3.05, 3.63) is 50.6 Å². The molecule has 0 aliphatic carbocycles. The summed E-state index contributed by atoms with van der Waals surface area (Å²) in [5, 5.41) is 3.93. The van der Waals surface area contributed by atoms with Gasteiger partial charge in [0, 0.05) is 17.1 Å². The predicted octanol–water partition coefficient (Wildman–Crippen LogP) is -0.0434. The third-order valence-corrected chi connectivity index (χ3v) is 3.18. The molecule has 3 N–H and O–H groups in total. The summed E-state index contributed by atoms with van der Waals surface area (Å²) in [5.41, 5.74) is 1.88. The number of thiophene rings is 1. The van der Waals surface area contributed by atoms with Crippen molar-refractivity contribution in [3.8, 4) is 0 Å². The van der Waals surface area contributed by atoms with Crippen LogP contribution in [0, 0.1) is 0 Å². The summed E-state index contributed by atoms with van der Waals surface area (Å²) in [6.45, 7) is 0.349. The molecular formula is C10H10N4O2S. The van der Waals surface area contributed by atoms with Crippen LogP contribution in [-0.2, 0) is 6.54 Å². The van der Waals surface area contributed by atoms with Crippen LogP contribution in [0.4, 0.5) is 0 Å². The van der Waals surface area contributed by atoms with Gasteiger partial charge in [0.1, 0.15) is 0 Å². The van der Waals surface area contributed by atoms with Crippen LogP contribution in [-0.4, -0.2) is 15.7 Å². The second-order valence-electron chi connectivity index (χ2n) is 3.26. The van der Waals surface area contributed by atoms with Gasteiger partial charge in [0.2, 0.25) is 0 Å². The molecule has 88 valence electrons. The Kier molecular flexibility index (Phi) is 3.31. The molecule has 2 rings (SSSR count). The minimum Gasteiger partial charge on any atom is -0.289 e. The van der Waals surface area contributed by atoms with Gasteiger partial charge in [-0.05, 0) is 18.2 Å². The fraction of sp³-hybridized carbons (Fsp3) is 0.100. The monoisotopic (exact) mass is 250 g/mol. The number of hydrogen-bond acceptors (Lipinski definition) is 5. The third-order valence-electron chi connectivity index (χ3n) is 2.11. The fourth-order valence-corrected chi connectivity index (χ4v) is 2.20. The second kappa shape index (κ2) is 4.89. The molecule has 1 amide bonds. The Labute approximate surface area is 101 Å². The average Bonchev–Trinajstić information content (AvgIpc) is 2.80. The van der Waals surface area contributed by atoms with E-state index in [0.717, 1.165) is 4.88 Å². The smallest absolute Gasteiger partial charge is 0.275 e. The van der Waals surface area contributed by atoms with E-state index < -0.39 is 0 Å². The normalized spacial score (nSPS) is 10.2. The van der Waals surface area contributed by atoms with E-state index in [1.165, 1.54) is 22.1 Å². The zero-order chi connectivity index (χ0) is 12.3. The maximum absolute atomic E-state index is 11.4. The maximum atomic E-state index is 11.4. The van der Waals surface area contributed by atoms with E-state index in [-0.39, 0.29) is 11.5 Å². The molecule has 0 bridgehead atoms. The number of aromatic nitrogens is 2. The molecule has 6 nitrogen and oxygen atoms in total. The van der Waals surface area contributed by atoms with Crippen LogP contribution >= 0.6 is 11.3 Å². The minimum atomic E-state index is -0.338. The lowest BCUT2D eigenvalue weighted by atomic mass is 10.4. The van der Waals surface area contributed by atoms with Crippen LogP contribution in [0.5, 0.6) is 0 Å². The third kappa shape index (κ3) is 2.58. The Balaban J connectivity index is 2.20. The molecule has 2 heterocycles. The number of hydrazine groups is 1. The SMILES string of the molecule is NNC(=O)c1ccc(Cn2ncccc2=O)s1. The zero-order valence-corrected chi connectivity index (χ0v) is 9.61. The molecule has 0 saturated heterocycles. The lowest BCUT2D eigenvalue weighted by Gasteiger charge is -2.00. The molecule has 0 radical (unpaired) electrons. The standard InChI is InChI=1S/C10H10N4O2S/c11-13-10(16)8-4-3-7(17-8)6-14-9(15)2-1-5-12-14/h1-5H,6,11H2,(H,13,16). The van der Waals surface area contributed by atoms with Gasteiger partial charge >= 0.3 is 0 Å². The molecule has 0 spiro atoms. The molecule has 7 heteroatoms. The highest BCUT2D eigenvalue weighted by atomic mass is 32.1. The number of nitrogens with zero attached hydrogens (tertiary/aromatic N) is 2. The van der Waals surface area contributed by atoms with Gasteiger partial charge < -0.3 is 0 Å². The number of nitrogens with one attached hydrogen (secondary N) is 1. The number of rotatable bonds is 3. The highest BCUT2D eigenvalue weighted by molar-refractivity contribution is 7.14. The molecule has 2 aromatic rings. The van der Waals surface area contributed by atoms with Gasteiger partial charge in [-0.2, -0.15) is 5.10 Å². The summed E-state index contributed by atoms with van der Waals surface area (Å²) in [4.78, 5) is 24.0. The Morgan fingerprint density at radius 3 is 3.00 bits per heavy atom. The maximum Gasteiger partial charge on any atom is 0.275 e. The van der Waals surface area contributed by atoms with E-state index in [0.29, 0.717) is 11.4 Å². The molecule has 0 aliphatic rings. The van der Waals surface area contributed by atoms with Crippen molar-refractivity contribution in [2.24, 2.45) is 5.84 Å². The van der Waals surface area contributed by atoms with E-state index in [9.17, 15) is 9.59 Å². The van der Waals surface area contributed by atoms with Crippen molar-refractivity contribution in [1.82, 2.24) is 15.2 Å². The van der Waals surface area contributed by atoms with Crippen molar-refractivity contribution in [1.29, 1.82) is 0 Å². The first-order valence-corrected chi connectivity index (χ1v) is 5.64. The number of hydrogen-bond donors (Lipinski definition) is 2. The Hall–Kier alpha value is -1.99. The van der Waals surface area contributed by atoms with Gasteiger partial charge in [-0.1, -0.05) is 0 Å². The van der Waals surface area contributed by atoms with Crippen LogP contribution in [0.3, 0.4) is 0 Å². The zero-order valence-electron chi connectivity index (χ0n) is 8.79. The van der Waals surface area contributed by atoms with E-state index in [4.69, 9.17) is 5.84 Å². The summed E-state index contributed by atoms with van der Waals surface area (Å²) in [7, 11) is 0. The van der Waals surface area contributed by atoms with Gasteiger partial charge in [-0.3, -0.25) is 15.0 Å². The first kappa shape index (κ1) is 11.5. The van der Waals surface area contributed by atoms with Crippen LogP contribution < -0.4 is 16.8 Å². The molecule has 0 atom stereocenters. The largest absolute Gasteiger partial charge is 0.289 e. The van der Waals surface area contributed by atoms with E-state index in [2.05, 4.69) is 10.5 Å². The van der Waals surface area contributed by atoms with Crippen LogP contribution in [0.15, 0.2) is 35.3 Å². The van der Waals surface area contributed by atoms with E-state index in [1.807, 2.05) is 0 Å². The Morgan fingerprint density at radius 1 is 1.47 bits per heavy atom. The first-order valence-electron chi connectivity index (χ1n) is 4.82. The van der Waals surface area contributed by atoms with Gasteiger partial charge in [0.25, 0.3) is 11.5 Å². The minimum absolute atomic E-state index is 0.175.